The summed E-state index contributed by atoms with van der Waals surface area (Å²) in [6, 6.07) is 8.23. The Morgan fingerprint density at radius 2 is 2.00 bits per heavy atom. The molecule has 90 valence electrons. The van der Waals surface area contributed by atoms with E-state index in [2.05, 4.69) is 33.2 Å². The Balaban J connectivity index is 2.48. The molecule has 0 aliphatic heterocycles. The van der Waals surface area contributed by atoms with Crippen LogP contribution in [0.15, 0.2) is 28.7 Å². The van der Waals surface area contributed by atoms with Crippen molar-refractivity contribution in [1.82, 2.24) is 9.78 Å². The standard InChI is InChI=1S/C13H16BrN3/c1-8-6-9(2)17(16-8)11-4-5-12(10(3)15)13(14)7-11/h4-7,10H,15H2,1-3H3/t10-/m0/s1. The zero-order valence-corrected chi connectivity index (χ0v) is 11.8. The Morgan fingerprint density at radius 1 is 1.29 bits per heavy atom. The van der Waals surface area contributed by atoms with Crippen molar-refractivity contribution in [2.75, 3.05) is 0 Å². The molecule has 1 aromatic heterocycles. The first-order valence-corrected chi connectivity index (χ1v) is 6.37. The number of aromatic nitrogens is 2. The van der Waals surface area contributed by atoms with Gasteiger partial charge in [0.15, 0.2) is 0 Å². The molecule has 1 atom stereocenters. The summed E-state index contributed by atoms with van der Waals surface area (Å²) in [4.78, 5) is 0. The Kier molecular flexibility index (Phi) is 3.35. The second-order valence-electron chi connectivity index (χ2n) is 4.33. The van der Waals surface area contributed by atoms with Crippen molar-refractivity contribution in [3.63, 3.8) is 0 Å². The van der Waals surface area contributed by atoms with Gasteiger partial charge < -0.3 is 5.73 Å². The molecule has 0 saturated heterocycles. The van der Waals surface area contributed by atoms with Crippen molar-refractivity contribution in [3.8, 4) is 5.69 Å². The predicted octanol–water partition coefficient (Wildman–Crippen LogP) is 3.27. The van der Waals surface area contributed by atoms with E-state index >= 15 is 0 Å². The minimum absolute atomic E-state index is 0.0267. The smallest absolute Gasteiger partial charge is 0.0660 e. The van der Waals surface area contributed by atoms with Crippen LogP contribution in [0.5, 0.6) is 0 Å². The van der Waals surface area contributed by atoms with Crippen molar-refractivity contribution in [3.05, 3.63) is 45.7 Å². The van der Waals surface area contributed by atoms with E-state index in [1.165, 1.54) is 0 Å². The van der Waals surface area contributed by atoms with E-state index in [1.54, 1.807) is 0 Å². The van der Waals surface area contributed by atoms with Gasteiger partial charge >= 0.3 is 0 Å². The molecular formula is C13H16BrN3. The fourth-order valence-corrected chi connectivity index (χ4v) is 2.64. The van der Waals surface area contributed by atoms with Gasteiger partial charge in [0, 0.05) is 16.2 Å². The van der Waals surface area contributed by atoms with Crippen molar-refractivity contribution in [2.24, 2.45) is 5.73 Å². The highest BCUT2D eigenvalue weighted by atomic mass is 79.9. The molecule has 2 aromatic rings. The van der Waals surface area contributed by atoms with Gasteiger partial charge in [-0.3, -0.25) is 0 Å². The Morgan fingerprint density at radius 3 is 2.47 bits per heavy atom. The zero-order chi connectivity index (χ0) is 12.6. The molecule has 1 heterocycles. The van der Waals surface area contributed by atoms with Crippen molar-refractivity contribution in [1.29, 1.82) is 0 Å². The van der Waals surface area contributed by atoms with E-state index in [1.807, 2.05) is 37.6 Å². The van der Waals surface area contributed by atoms with E-state index in [9.17, 15) is 0 Å². The van der Waals surface area contributed by atoms with Crippen LogP contribution in [0.3, 0.4) is 0 Å². The molecule has 1 aromatic carbocycles. The minimum Gasteiger partial charge on any atom is -0.324 e. The SMILES string of the molecule is Cc1cc(C)n(-c2ccc([C@H](C)N)c(Br)c2)n1. The largest absolute Gasteiger partial charge is 0.324 e. The van der Waals surface area contributed by atoms with Crippen LogP contribution in [0.4, 0.5) is 0 Å². The molecule has 0 fully saturated rings. The molecule has 2 rings (SSSR count). The maximum absolute atomic E-state index is 5.88. The van der Waals surface area contributed by atoms with Gasteiger partial charge in [-0.1, -0.05) is 22.0 Å². The third-order valence-electron chi connectivity index (χ3n) is 2.73. The molecule has 0 aliphatic rings. The van der Waals surface area contributed by atoms with Crippen LogP contribution in [0.1, 0.15) is 29.9 Å². The van der Waals surface area contributed by atoms with Crippen LogP contribution >= 0.6 is 15.9 Å². The molecule has 0 radical (unpaired) electrons. The normalized spacial score (nSPS) is 12.8. The molecule has 2 N–H and O–H groups in total. The number of benzene rings is 1. The molecule has 0 spiro atoms. The molecule has 0 saturated carbocycles. The topological polar surface area (TPSA) is 43.8 Å². The van der Waals surface area contributed by atoms with Crippen LogP contribution in [0.2, 0.25) is 0 Å². The maximum Gasteiger partial charge on any atom is 0.0660 e. The lowest BCUT2D eigenvalue weighted by Crippen LogP contribution is -2.07. The molecular weight excluding hydrogens is 278 g/mol. The molecule has 0 amide bonds. The van der Waals surface area contributed by atoms with Gasteiger partial charge in [-0.25, -0.2) is 4.68 Å². The average Bonchev–Trinajstić information content (AvgIpc) is 2.57. The Bertz CT molecular complexity index is 544. The number of hydrogen-bond acceptors (Lipinski definition) is 2. The fraction of sp³-hybridized carbons (Fsp3) is 0.308. The van der Waals surface area contributed by atoms with Crippen molar-refractivity contribution < 1.29 is 0 Å². The molecule has 0 aliphatic carbocycles. The van der Waals surface area contributed by atoms with Gasteiger partial charge in [-0.2, -0.15) is 5.10 Å². The highest BCUT2D eigenvalue weighted by Gasteiger charge is 2.08. The monoisotopic (exact) mass is 293 g/mol. The number of nitrogens with two attached hydrogens (primary N) is 1. The number of halogens is 1. The van der Waals surface area contributed by atoms with Crippen LogP contribution in [0.25, 0.3) is 5.69 Å². The second-order valence-corrected chi connectivity index (χ2v) is 5.19. The van der Waals surface area contributed by atoms with E-state index in [4.69, 9.17) is 5.73 Å². The van der Waals surface area contributed by atoms with Gasteiger partial charge in [0.2, 0.25) is 0 Å². The number of nitrogens with zero attached hydrogens (tertiary/aromatic N) is 2. The van der Waals surface area contributed by atoms with E-state index in [0.29, 0.717) is 0 Å². The summed E-state index contributed by atoms with van der Waals surface area (Å²) in [5.74, 6) is 0. The van der Waals surface area contributed by atoms with E-state index in [0.717, 1.165) is 27.1 Å². The first-order valence-electron chi connectivity index (χ1n) is 5.57. The quantitative estimate of drug-likeness (QED) is 0.923. The van der Waals surface area contributed by atoms with Gasteiger partial charge in [0.05, 0.1) is 11.4 Å². The second kappa shape index (κ2) is 4.63. The van der Waals surface area contributed by atoms with Crippen LogP contribution in [-0.4, -0.2) is 9.78 Å². The highest BCUT2D eigenvalue weighted by molar-refractivity contribution is 9.10. The molecule has 17 heavy (non-hydrogen) atoms. The minimum atomic E-state index is 0.0267. The molecule has 3 nitrogen and oxygen atoms in total. The summed E-state index contributed by atoms with van der Waals surface area (Å²) in [5, 5.41) is 4.46. The number of rotatable bonds is 2. The lowest BCUT2D eigenvalue weighted by atomic mass is 10.1. The first kappa shape index (κ1) is 12.3. The fourth-order valence-electron chi connectivity index (χ4n) is 1.91. The molecule has 0 unspecified atom stereocenters. The average molecular weight is 294 g/mol. The number of aryl methyl sites for hydroxylation is 2. The summed E-state index contributed by atoms with van der Waals surface area (Å²) in [7, 11) is 0. The van der Waals surface area contributed by atoms with Crippen molar-refractivity contribution in [2.45, 2.75) is 26.8 Å². The lowest BCUT2D eigenvalue weighted by molar-refractivity contribution is 0.803. The maximum atomic E-state index is 5.88. The third-order valence-corrected chi connectivity index (χ3v) is 3.42. The van der Waals surface area contributed by atoms with Crippen LogP contribution in [-0.2, 0) is 0 Å². The summed E-state index contributed by atoms with van der Waals surface area (Å²) in [5.41, 5.74) is 10.2. The van der Waals surface area contributed by atoms with Crippen LogP contribution < -0.4 is 5.73 Å². The first-order chi connectivity index (χ1) is 7.99. The third kappa shape index (κ3) is 2.42. The summed E-state index contributed by atoms with van der Waals surface area (Å²) in [6.07, 6.45) is 0. The Hall–Kier alpha value is -1.13. The lowest BCUT2D eigenvalue weighted by Gasteiger charge is -2.11. The summed E-state index contributed by atoms with van der Waals surface area (Å²) < 4.78 is 2.96. The summed E-state index contributed by atoms with van der Waals surface area (Å²) in [6.45, 7) is 6.02. The Labute approximate surface area is 110 Å². The molecule has 4 heteroatoms. The van der Waals surface area contributed by atoms with E-state index in [-0.39, 0.29) is 6.04 Å². The van der Waals surface area contributed by atoms with Crippen LogP contribution in [0, 0.1) is 13.8 Å². The zero-order valence-electron chi connectivity index (χ0n) is 10.2. The van der Waals surface area contributed by atoms with Crippen molar-refractivity contribution >= 4 is 15.9 Å². The van der Waals surface area contributed by atoms with E-state index < -0.39 is 0 Å². The summed E-state index contributed by atoms with van der Waals surface area (Å²) >= 11 is 3.56. The van der Waals surface area contributed by atoms with Gasteiger partial charge in [-0.15, -0.1) is 0 Å². The number of hydrogen-bond donors (Lipinski definition) is 1. The highest BCUT2D eigenvalue weighted by Crippen LogP contribution is 2.25. The van der Waals surface area contributed by atoms with Gasteiger partial charge in [0.1, 0.15) is 0 Å². The van der Waals surface area contributed by atoms with Gasteiger partial charge in [0.25, 0.3) is 0 Å². The molecule has 0 bridgehead atoms. The van der Waals surface area contributed by atoms with Gasteiger partial charge in [-0.05, 0) is 44.5 Å². The predicted molar refractivity (Wildman–Crippen MR) is 73.3 cm³/mol.